The van der Waals surface area contributed by atoms with Gasteiger partial charge in [-0.15, -0.1) is 0 Å². The Kier molecular flexibility index (Phi) is 6.03. The second-order valence-electron chi connectivity index (χ2n) is 3.61. The summed E-state index contributed by atoms with van der Waals surface area (Å²) in [5.41, 5.74) is 1.16. The van der Waals surface area contributed by atoms with Gasteiger partial charge in [0.1, 0.15) is 0 Å². The fourth-order valence-corrected chi connectivity index (χ4v) is 1.34. The number of carbonyl (C=O) groups is 2. The van der Waals surface area contributed by atoms with Crippen LogP contribution >= 0.6 is 0 Å². The number of nitrogens with one attached hydrogen (secondary N) is 2. The molecule has 18 heavy (non-hydrogen) atoms. The van der Waals surface area contributed by atoms with E-state index in [1.807, 2.05) is 30.3 Å². The number of hydrogen-bond acceptors (Lipinski definition) is 2. The van der Waals surface area contributed by atoms with Crippen LogP contribution in [0.5, 0.6) is 0 Å². The highest BCUT2D eigenvalue weighted by Crippen LogP contribution is 1.97. The van der Waals surface area contributed by atoms with E-state index in [9.17, 15) is 9.59 Å². The van der Waals surface area contributed by atoms with E-state index in [1.54, 1.807) is 0 Å². The number of urea groups is 1. The van der Waals surface area contributed by atoms with Crippen LogP contribution in [-0.4, -0.2) is 30.2 Å². The van der Waals surface area contributed by atoms with Gasteiger partial charge < -0.3 is 15.7 Å². The first-order chi connectivity index (χ1) is 8.68. The minimum absolute atomic E-state index is 0.198. The summed E-state index contributed by atoms with van der Waals surface area (Å²) in [4.78, 5) is 21.4. The molecule has 0 aliphatic heterocycles. The molecule has 2 amide bonds. The molecular formula is C13H16N2O3. The minimum atomic E-state index is -1.03. The molecule has 3 N–H and O–H groups in total. The van der Waals surface area contributed by atoms with Crippen molar-refractivity contribution in [2.75, 3.05) is 13.1 Å². The van der Waals surface area contributed by atoms with Crippen LogP contribution in [0, 0.1) is 0 Å². The zero-order chi connectivity index (χ0) is 13.2. The van der Waals surface area contributed by atoms with Gasteiger partial charge >= 0.3 is 12.0 Å². The van der Waals surface area contributed by atoms with Crippen LogP contribution in [-0.2, 0) is 11.2 Å². The van der Waals surface area contributed by atoms with Crippen LogP contribution in [0.1, 0.15) is 5.56 Å². The van der Waals surface area contributed by atoms with Crippen LogP contribution in [0.3, 0.4) is 0 Å². The van der Waals surface area contributed by atoms with Gasteiger partial charge in [0, 0.05) is 19.2 Å². The number of rotatable bonds is 6. The molecule has 0 aliphatic carbocycles. The molecule has 0 spiro atoms. The van der Waals surface area contributed by atoms with E-state index in [4.69, 9.17) is 5.11 Å². The summed E-state index contributed by atoms with van der Waals surface area (Å²) >= 11 is 0. The first-order valence-electron chi connectivity index (χ1n) is 5.63. The fraction of sp³-hybridized carbons (Fsp3) is 0.231. The number of amides is 2. The number of carboxylic acids is 1. The maximum atomic E-state index is 11.3. The zero-order valence-electron chi connectivity index (χ0n) is 9.93. The Morgan fingerprint density at radius 3 is 2.56 bits per heavy atom. The van der Waals surface area contributed by atoms with Crippen molar-refractivity contribution in [2.24, 2.45) is 0 Å². The number of benzene rings is 1. The normalized spacial score (nSPS) is 10.2. The Hall–Kier alpha value is -2.30. The van der Waals surface area contributed by atoms with Gasteiger partial charge in [-0.3, -0.25) is 0 Å². The van der Waals surface area contributed by atoms with Crippen molar-refractivity contribution in [3.8, 4) is 0 Å². The third-order valence-corrected chi connectivity index (χ3v) is 2.18. The molecular weight excluding hydrogens is 232 g/mol. The van der Waals surface area contributed by atoms with Crippen molar-refractivity contribution in [3.05, 3.63) is 48.0 Å². The maximum Gasteiger partial charge on any atom is 0.328 e. The molecule has 5 nitrogen and oxygen atoms in total. The summed E-state index contributed by atoms with van der Waals surface area (Å²) in [7, 11) is 0. The van der Waals surface area contributed by atoms with Crippen molar-refractivity contribution in [3.63, 3.8) is 0 Å². The van der Waals surface area contributed by atoms with E-state index in [1.165, 1.54) is 6.08 Å². The average Bonchev–Trinajstić information content (AvgIpc) is 2.36. The second kappa shape index (κ2) is 7.89. The minimum Gasteiger partial charge on any atom is -0.478 e. The van der Waals surface area contributed by atoms with Crippen LogP contribution in [0.4, 0.5) is 4.79 Å². The summed E-state index contributed by atoms with van der Waals surface area (Å²) in [6.07, 6.45) is 3.13. The largest absolute Gasteiger partial charge is 0.478 e. The first kappa shape index (κ1) is 13.8. The summed E-state index contributed by atoms with van der Waals surface area (Å²) in [5, 5.41) is 13.5. The number of aliphatic carboxylic acids is 1. The van der Waals surface area contributed by atoms with Gasteiger partial charge in [-0.25, -0.2) is 9.59 Å². The van der Waals surface area contributed by atoms with Crippen molar-refractivity contribution >= 4 is 12.0 Å². The molecule has 0 aliphatic rings. The molecule has 5 heteroatoms. The number of carbonyl (C=O) groups excluding carboxylic acids is 1. The summed E-state index contributed by atoms with van der Waals surface area (Å²) < 4.78 is 0. The van der Waals surface area contributed by atoms with E-state index in [2.05, 4.69) is 10.6 Å². The molecule has 0 atom stereocenters. The zero-order valence-corrected chi connectivity index (χ0v) is 9.93. The molecule has 0 radical (unpaired) electrons. The standard InChI is InChI=1S/C13H16N2O3/c16-12(17)7-4-9-14-13(18)15-10-8-11-5-2-1-3-6-11/h1-7H,8-10H2,(H,16,17)(H2,14,15,18)/b7-4+. The molecule has 1 aromatic rings. The Bertz CT molecular complexity index is 416. The number of hydrogen-bond donors (Lipinski definition) is 3. The van der Waals surface area contributed by atoms with E-state index >= 15 is 0 Å². The lowest BCUT2D eigenvalue weighted by atomic mass is 10.1. The Balaban J connectivity index is 2.12. The topological polar surface area (TPSA) is 78.4 Å². The Morgan fingerprint density at radius 1 is 1.17 bits per heavy atom. The SMILES string of the molecule is O=C(O)/C=C/CNC(=O)NCCc1ccccc1. The Morgan fingerprint density at radius 2 is 1.89 bits per heavy atom. The molecule has 1 aromatic carbocycles. The van der Waals surface area contributed by atoms with Crippen LogP contribution in [0.25, 0.3) is 0 Å². The lowest BCUT2D eigenvalue weighted by molar-refractivity contribution is -0.131. The number of carboxylic acid groups (broad SMARTS) is 1. The molecule has 0 fully saturated rings. The van der Waals surface area contributed by atoms with Gasteiger partial charge in [0.25, 0.3) is 0 Å². The lowest BCUT2D eigenvalue weighted by Gasteiger charge is -2.05. The lowest BCUT2D eigenvalue weighted by Crippen LogP contribution is -2.36. The molecule has 0 unspecified atom stereocenters. The van der Waals surface area contributed by atoms with Gasteiger partial charge in [0.05, 0.1) is 0 Å². The Labute approximate surface area is 106 Å². The summed E-state index contributed by atoms with van der Waals surface area (Å²) in [5.74, 6) is -1.03. The van der Waals surface area contributed by atoms with Crippen LogP contribution in [0.2, 0.25) is 0 Å². The maximum absolute atomic E-state index is 11.3. The fourth-order valence-electron chi connectivity index (χ4n) is 1.34. The quantitative estimate of drug-likeness (QED) is 0.661. The summed E-state index contributed by atoms with van der Waals surface area (Å²) in [6.45, 7) is 0.738. The van der Waals surface area contributed by atoms with E-state index in [-0.39, 0.29) is 12.6 Å². The van der Waals surface area contributed by atoms with Crippen molar-refractivity contribution in [2.45, 2.75) is 6.42 Å². The third-order valence-electron chi connectivity index (χ3n) is 2.18. The second-order valence-corrected chi connectivity index (χ2v) is 3.61. The van der Waals surface area contributed by atoms with Crippen molar-refractivity contribution < 1.29 is 14.7 Å². The van der Waals surface area contributed by atoms with Gasteiger partial charge in [-0.05, 0) is 12.0 Å². The summed E-state index contributed by atoms with van der Waals surface area (Å²) in [6, 6.07) is 9.53. The molecule has 1 rings (SSSR count). The molecule has 0 aromatic heterocycles. The smallest absolute Gasteiger partial charge is 0.328 e. The average molecular weight is 248 g/mol. The van der Waals surface area contributed by atoms with Gasteiger partial charge in [0.15, 0.2) is 0 Å². The van der Waals surface area contributed by atoms with Gasteiger partial charge in [0.2, 0.25) is 0 Å². The molecule has 96 valence electrons. The van der Waals surface area contributed by atoms with E-state index in [0.29, 0.717) is 6.54 Å². The highest BCUT2D eigenvalue weighted by Gasteiger charge is 1.97. The van der Waals surface area contributed by atoms with Crippen molar-refractivity contribution in [1.82, 2.24) is 10.6 Å². The predicted octanol–water partition coefficient (Wildman–Crippen LogP) is 1.17. The van der Waals surface area contributed by atoms with Crippen LogP contribution in [0.15, 0.2) is 42.5 Å². The van der Waals surface area contributed by atoms with Gasteiger partial charge in [-0.1, -0.05) is 36.4 Å². The molecule has 0 saturated carbocycles. The third kappa shape index (κ3) is 6.32. The predicted molar refractivity (Wildman–Crippen MR) is 68.3 cm³/mol. The van der Waals surface area contributed by atoms with Crippen molar-refractivity contribution in [1.29, 1.82) is 0 Å². The van der Waals surface area contributed by atoms with E-state index < -0.39 is 5.97 Å². The molecule has 0 bridgehead atoms. The highest BCUT2D eigenvalue weighted by atomic mass is 16.4. The monoisotopic (exact) mass is 248 g/mol. The molecule has 0 heterocycles. The first-order valence-corrected chi connectivity index (χ1v) is 5.63. The highest BCUT2D eigenvalue weighted by molar-refractivity contribution is 5.80. The van der Waals surface area contributed by atoms with Crippen LogP contribution < -0.4 is 10.6 Å². The van der Waals surface area contributed by atoms with E-state index in [0.717, 1.165) is 18.1 Å². The molecule has 0 saturated heterocycles. The van der Waals surface area contributed by atoms with Gasteiger partial charge in [-0.2, -0.15) is 0 Å².